The van der Waals surface area contributed by atoms with Gasteiger partial charge in [0, 0.05) is 9.37 Å². The molecular weight excluding hydrogens is 342 g/mol. The van der Waals surface area contributed by atoms with E-state index in [9.17, 15) is 0 Å². The van der Waals surface area contributed by atoms with E-state index in [-0.39, 0.29) is 12.0 Å². The molecule has 0 aliphatic heterocycles. The van der Waals surface area contributed by atoms with E-state index in [1.807, 2.05) is 31.2 Å². The van der Waals surface area contributed by atoms with Gasteiger partial charge in [0.05, 0.1) is 6.61 Å². The SMILES string of the molecule is CCCOc1nc(NN)nc(Sc2ccccc2Br)n1. The van der Waals surface area contributed by atoms with E-state index >= 15 is 0 Å². The first-order valence-electron chi connectivity index (χ1n) is 6.00. The number of nitrogens with one attached hydrogen (secondary N) is 1. The maximum atomic E-state index is 5.42. The van der Waals surface area contributed by atoms with Crippen molar-refractivity contribution in [3.05, 3.63) is 28.7 Å². The molecule has 8 heteroatoms. The Morgan fingerprint density at radius 1 is 1.30 bits per heavy atom. The predicted molar refractivity (Wildman–Crippen MR) is 81.7 cm³/mol. The molecule has 0 saturated carbocycles. The van der Waals surface area contributed by atoms with Crippen molar-refractivity contribution >= 4 is 33.6 Å². The second-order valence-electron chi connectivity index (χ2n) is 3.75. The Balaban J connectivity index is 2.24. The lowest BCUT2D eigenvalue weighted by molar-refractivity contribution is 0.288. The molecule has 3 N–H and O–H groups in total. The summed E-state index contributed by atoms with van der Waals surface area (Å²) >= 11 is 4.89. The van der Waals surface area contributed by atoms with Crippen LogP contribution in [0.3, 0.4) is 0 Å². The fourth-order valence-corrected chi connectivity index (χ4v) is 2.62. The molecule has 1 aromatic carbocycles. The fraction of sp³-hybridized carbons (Fsp3) is 0.250. The first kappa shape index (κ1) is 15.0. The largest absolute Gasteiger partial charge is 0.463 e. The summed E-state index contributed by atoms with van der Waals surface area (Å²) in [6, 6.07) is 8.10. The summed E-state index contributed by atoms with van der Waals surface area (Å²) in [5, 5.41) is 0.519. The van der Waals surface area contributed by atoms with Crippen molar-refractivity contribution in [1.29, 1.82) is 0 Å². The molecule has 0 amide bonds. The summed E-state index contributed by atoms with van der Waals surface area (Å²) < 4.78 is 6.40. The maximum Gasteiger partial charge on any atom is 0.322 e. The molecule has 0 atom stereocenters. The van der Waals surface area contributed by atoms with Crippen molar-refractivity contribution in [1.82, 2.24) is 15.0 Å². The van der Waals surface area contributed by atoms with Gasteiger partial charge in [0.2, 0.25) is 11.1 Å². The molecule has 0 spiro atoms. The lowest BCUT2D eigenvalue weighted by atomic mass is 10.4. The highest BCUT2D eigenvalue weighted by atomic mass is 79.9. The lowest BCUT2D eigenvalue weighted by Crippen LogP contribution is -2.13. The minimum atomic E-state index is 0.268. The molecule has 0 bridgehead atoms. The second kappa shape index (κ2) is 7.41. The average Bonchev–Trinajstić information content (AvgIpc) is 2.47. The van der Waals surface area contributed by atoms with Gasteiger partial charge in [-0.3, -0.25) is 5.43 Å². The van der Waals surface area contributed by atoms with E-state index < -0.39 is 0 Å². The fourth-order valence-electron chi connectivity index (χ4n) is 1.33. The Morgan fingerprint density at radius 3 is 2.80 bits per heavy atom. The molecule has 2 rings (SSSR count). The summed E-state index contributed by atoms with van der Waals surface area (Å²) in [4.78, 5) is 13.5. The van der Waals surface area contributed by atoms with Crippen molar-refractivity contribution in [2.45, 2.75) is 23.4 Å². The quantitative estimate of drug-likeness (QED) is 0.608. The molecule has 1 heterocycles. The molecule has 0 saturated heterocycles. The number of ether oxygens (including phenoxy) is 1. The van der Waals surface area contributed by atoms with Crippen molar-refractivity contribution in [3.8, 4) is 6.01 Å². The molecule has 0 aliphatic rings. The Morgan fingerprint density at radius 2 is 2.10 bits per heavy atom. The van der Waals surface area contributed by atoms with Crippen LogP contribution in [-0.2, 0) is 0 Å². The number of aromatic nitrogens is 3. The van der Waals surface area contributed by atoms with E-state index in [0.29, 0.717) is 11.8 Å². The molecule has 0 aliphatic carbocycles. The molecule has 0 fully saturated rings. The van der Waals surface area contributed by atoms with Crippen LogP contribution in [-0.4, -0.2) is 21.6 Å². The summed E-state index contributed by atoms with van der Waals surface area (Å²) in [5.74, 6) is 5.64. The van der Waals surface area contributed by atoms with Crippen LogP contribution in [0.5, 0.6) is 6.01 Å². The van der Waals surface area contributed by atoms with Gasteiger partial charge in [0.15, 0.2) is 0 Å². The molecule has 0 radical (unpaired) electrons. The number of rotatable bonds is 6. The number of hydrogen-bond donors (Lipinski definition) is 2. The summed E-state index contributed by atoms with van der Waals surface area (Å²) in [7, 11) is 0. The minimum absolute atomic E-state index is 0.268. The highest BCUT2D eigenvalue weighted by Crippen LogP contribution is 2.32. The molecule has 2 aromatic rings. The van der Waals surface area contributed by atoms with Gasteiger partial charge in [-0.1, -0.05) is 19.1 Å². The normalized spacial score (nSPS) is 10.3. The first-order chi connectivity index (χ1) is 9.72. The number of halogens is 1. The standard InChI is InChI=1S/C12H14BrN5OS/c1-2-7-19-11-15-10(18-14)16-12(17-11)20-9-6-4-3-5-8(9)13/h3-6H,2,7,14H2,1H3,(H,15,16,17,18). The van der Waals surface area contributed by atoms with Crippen LogP contribution < -0.4 is 16.0 Å². The van der Waals surface area contributed by atoms with Crippen LogP contribution in [0.25, 0.3) is 0 Å². The number of hydrogen-bond acceptors (Lipinski definition) is 7. The van der Waals surface area contributed by atoms with Crippen molar-refractivity contribution < 1.29 is 4.74 Å². The van der Waals surface area contributed by atoms with Crippen molar-refractivity contribution in [2.75, 3.05) is 12.0 Å². The molecule has 0 unspecified atom stereocenters. The predicted octanol–water partition coefficient (Wildman–Crippen LogP) is 2.86. The number of hydrazine groups is 1. The molecule has 1 aromatic heterocycles. The van der Waals surface area contributed by atoms with E-state index in [1.165, 1.54) is 11.8 Å². The van der Waals surface area contributed by atoms with Gasteiger partial charge in [-0.25, -0.2) is 5.84 Å². The van der Waals surface area contributed by atoms with Gasteiger partial charge < -0.3 is 4.74 Å². The Bertz CT molecular complexity index is 584. The minimum Gasteiger partial charge on any atom is -0.463 e. The monoisotopic (exact) mass is 355 g/mol. The summed E-state index contributed by atoms with van der Waals surface area (Å²) in [6.45, 7) is 2.56. The van der Waals surface area contributed by atoms with Gasteiger partial charge in [-0.2, -0.15) is 15.0 Å². The highest BCUT2D eigenvalue weighted by molar-refractivity contribution is 9.10. The third-order valence-electron chi connectivity index (χ3n) is 2.20. The Labute approximate surface area is 129 Å². The van der Waals surface area contributed by atoms with Gasteiger partial charge >= 0.3 is 6.01 Å². The zero-order valence-corrected chi connectivity index (χ0v) is 13.2. The molecule has 20 heavy (non-hydrogen) atoms. The topological polar surface area (TPSA) is 86.0 Å². The van der Waals surface area contributed by atoms with Crippen LogP contribution in [0.15, 0.2) is 38.8 Å². The smallest absolute Gasteiger partial charge is 0.322 e. The van der Waals surface area contributed by atoms with Crippen molar-refractivity contribution in [2.24, 2.45) is 5.84 Å². The average molecular weight is 356 g/mol. The summed E-state index contributed by atoms with van der Waals surface area (Å²) in [5.41, 5.74) is 2.42. The third-order valence-corrected chi connectivity index (χ3v) is 4.09. The van der Waals surface area contributed by atoms with Gasteiger partial charge in [0.25, 0.3) is 0 Å². The number of benzene rings is 1. The first-order valence-corrected chi connectivity index (χ1v) is 7.61. The van der Waals surface area contributed by atoms with Crippen LogP contribution in [0, 0.1) is 0 Å². The Hall–Kier alpha value is -1.38. The van der Waals surface area contributed by atoms with Crippen LogP contribution >= 0.6 is 27.7 Å². The van der Waals surface area contributed by atoms with E-state index in [2.05, 4.69) is 36.3 Å². The van der Waals surface area contributed by atoms with E-state index in [0.717, 1.165) is 15.8 Å². The molecule has 106 valence electrons. The van der Waals surface area contributed by atoms with E-state index in [4.69, 9.17) is 10.6 Å². The molecule has 6 nitrogen and oxygen atoms in total. The van der Waals surface area contributed by atoms with Crippen LogP contribution in [0.1, 0.15) is 13.3 Å². The zero-order valence-electron chi connectivity index (χ0n) is 10.8. The Kier molecular flexibility index (Phi) is 5.57. The van der Waals surface area contributed by atoms with Crippen LogP contribution in [0.4, 0.5) is 5.95 Å². The summed E-state index contributed by atoms with van der Waals surface area (Å²) in [6.07, 6.45) is 0.879. The molecular formula is C12H14BrN5OS. The van der Waals surface area contributed by atoms with Crippen LogP contribution in [0.2, 0.25) is 0 Å². The lowest BCUT2D eigenvalue weighted by Gasteiger charge is -2.07. The zero-order chi connectivity index (χ0) is 14.4. The van der Waals surface area contributed by atoms with E-state index in [1.54, 1.807) is 0 Å². The van der Waals surface area contributed by atoms with Gasteiger partial charge in [0.1, 0.15) is 0 Å². The van der Waals surface area contributed by atoms with Crippen molar-refractivity contribution in [3.63, 3.8) is 0 Å². The maximum absolute atomic E-state index is 5.42. The number of anilines is 1. The highest BCUT2D eigenvalue weighted by Gasteiger charge is 2.10. The number of nitrogens with two attached hydrogens (primary N) is 1. The van der Waals surface area contributed by atoms with Gasteiger partial charge in [-0.15, -0.1) is 0 Å². The second-order valence-corrected chi connectivity index (χ2v) is 5.61. The number of nitrogen functional groups attached to an aromatic ring is 1. The van der Waals surface area contributed by atoms with Gasteiger partial charge in [-0.05, 0) is 46.2 Å². The number of nitrogens with zero attached hydrogens (tertiary/aromatic N) is 3. The third kappa shape index (κ3) is 4.06.